The van der Waals surface area contributed by atoms with Gasteiger partial charge in [-0.05, 0) is 37.1 Å². The van der Waals surface area contributed by atoms with Crippen molar-refractivity contribution in [1.82, 2.24) is 4.90 Å². The van der Waals surface area contributed by atoms with Crippen LogP contribution in [0.5, 0.6) is 0 Å². The highest BCUT2D eigenvalue weighted by molar-refractivity contribution is 5.05. The summed E-state index contributed by atoms with van der Waals surface area (Å²) in [6.07, 6.45) is 8.36. The van der Waals surface area contributed by atoms with Gasteiger partial charge >= 0.3 is 0 Å². The molecule has 2 nitrogen and oxygen atoms in total. The van der Waals surface area contributed by atoms with Crippen LogP contribution in [0.4, 0.5) is 0 Å². The Kier molecular flexibility index (Phi) is 3.17. The summed E-state index contributed by atoms with van der Waals surface area (Å²) in [5, 5.41) is 0. The third-order valence-corrected chi connectivity index (χ3v) is 3.68. The minimum Gasteiger partial charge on any atom is -0.324 e. The zero-order valence-corrected chi connectivity index (χ0v) is 10.1. The highest BCUT2D eigenvalue weighted by atomic mass is 15.1. The summed E-state index contributed by atoms with van der Waals surface area (Å²) in [6.45, 7) is 8.52. The predicted molar refractivity (Wildman–Crippen MR) is 64.7 cm³/mol. The molecule has 2 rings (SSSR count). The molecule has 15 heavy (non-hydrogen) atoms. The Morgan fingerprint density at radius 1 is 1.40 bits per heavy atom. The lowest BCUT2D eigenvalue weighted by Gasteiger charge is -2.39. The molecule has 0 radical (unpaired) electrons. The Balaban J connectivity index is 1.82. The number of piperidine rings is 1. The normalized spacial score (nSPS) is 35.9. The average molecular weight is 208 g/mol. The minimum atomic E-state index is 0.313. The first-order valence-corrected chi connectivity index (χ1v) is 6.21. The van der Waals surface area contributed by atoms with Crippen LogP contribution in [0.3, 0.4) is 0 Å². The van der Waals surface area contributed by atoms with E-state index in [-0.39, 0.29) is 0 Å². The van der Waals surface area contributed by atoms with Gasteiger partial charge in [0.1, 0.15) is 0 Å². The Morgan fingerprint density at radius 2 is 2.20 bits per heavy atom. The molecular formula is C13H24N2. The molecule has 2 unspecified atom stereocenters. The summed E-state index contributed by atoms with van der Waals surface area (Å²) >= 11 is 0. The Labute approximate surface area is 93.5 Å². The first-order chi connectivity index (χ1) is 7.05. The quantitative estimate of drug-likeness (QED) is 0.703. The van der Waals surface area contributed by atoms with Crippen LogP contribution >= 0.6 is 0 Å². The minimum absolute atomic E-state index is 0.313. The van der Waals surface area contributed by atoms with E-state index < -0.39 is 0 Å². The SMILES string of the molecule is CC1(C)CCCN(CC2C=CC(N)C2)C1. The van der Waals surface area contributed by atoms with Crippen LogP contribution in [0, 0.1) is 11.3 Å². The molecule has 0 amide bonds. The van der Waals surface area contributed by atoms with Crippen molar-refractivity contribution in [2.24, 2.45) is 17.1 Å². The van der Waals surface area contributed by atoms with Gasteiger partial charge in [0.25, 0.3) is 0 Å². The van der Waals surface area contributed by atoms with Gasteiger partial charge in [-0.2, -0.15) is 0 Å². The largest absolute Gasteiger partial charge is 0.324 e. The fourth-order valence-corrected chi connectivity index (χ4v) is 2.97. The fourth-order valence-electron chi connectivity index (χ4n) is 2.97. The lowest BCUT2D eigenvalue weighted by molar-refractivity contribution is 0.107. The summed E-state index contributed by atoms with van der Waals surface area (Å²) in [4.78, 5) is 2.62. The molecule has 0 aromatic heterocycles. The van der Waals surface area contributed by atoms with Gasteiger partial charge in [0, 0.05) is 19.1 Å². The van der Waals surface area contributed by atoms with Crippen molar-refractivity contribution >= 4 is 0 Å². The Hall–Kier alpha value is -0.340. The van der Waals surface area contributed by atoms with Crippen molar-refractivity contribution in [2.45, 2.75) is 39.2 Å². The van der Waals surface area contributed by atoms with Crippen LogP contribution in [-0.4, -0.2) is 30.6 Å². The number of likely N-dealkylation sites (tertiary alicyclic amines) is 1. The van der Waals surface area contributed by atoms with Crippen molar-refractivity contribution < 1.29 is 0 Å². The maximum Gasteiger partial charge on any atom is 0.0229 e. The van der Waals surface area contributed by atoms with E-state index >= 15 is 0 Å². The molecule has 2 atom stereocenters. The first-order valence-electron chi connectivity index (χ1n) is 6.21. The summed E-state index contributed by atoms with van der Waals surface area (Å²) in [6, 6.07) is 0.313. The molecule has 1 aliphatic heterocycles. The van der Waals surface area contributed by atoms with Crippen molar-refractivity contribution in [3.63, 3.8) is 0 Å². The highest BCUT2D eigenvalue weighted by Gasteiger charge is 2.28. The van der Waals surface area contributed by atoms with Gasteiger partial charge in [-0.15, -0.1) is 0 Å². The Bertz CT molecular complexity index is 245. The van der Waals surface area contributed by atoms with Crippen LogP contribution in [0.25, 0.3) is 0 Å². The van der Waals surface area contributed by atoms with Crippen LogP contribution in [0.2, 0.25) is 0 Å². The van der Waals surface area contributed by atoms with Crippen LogP contribution < -0.4 is 5.73 Å². The van der Waals surface area contributed by atoms with E-state index in [1.807, 2.05) is 0 Å². The van der Waals surface area contributed by atoms with Gasteiger partial charge in [0.05, 0.1) is 0 Å². The van der Waals surface area contributed by atoms with Crippen LogP contribution in [-0.2, 0) is 0 Å². The second kappa shape index (κ2) is 4.26. The first kappa shape index (κ1) is 11.2. The molecule has 1 aliphatic carbocycles. The summed E-state index contributed by atoms with van der Waals surface area (Å²) in [5.74, 6) is 0.703. The van der Waals surface area contributed by atoms with E-state index in [4.69, 9.17) is 5.73 Å². The molecular weight excluding hydrogens is 184 g/mol. The number of nitrogens with two attached hydrogens (primary N) is 1. The van der Waals surface area contributed by atoms with E-state index in [2.05, 4.69) is 30.9 Å². The third-order valence-electron chi connectivity index (χ3n) is 3.68. The fraction of sp³-hybridized carbons (Fsp3) is 0.846. The van der Waals surface area contributed by atoms with Gasteiger partial charge in [-0.3, -0.25) is 0 Å². The van der Waals surface area contributed by atoms with Gasteiger partial charge < -0.3 is 10.6 Å². The van der Waals surface area contributed by atoms with Gasteiger partial charge in [-0.1, -0.05) is 26.0 Å². The van der Waals surface area contributed by atoms with E-state index in [0.717, 1.165) is 6.42 Å². The molecule has 1 heterocycles. The average Bonchev–Trinajstić information content (AvgIpc) is 2.49. The number of hydrogen-bond acceptors (Lipinski definition) is 2. The number of nitrogens with zero attached hydrogens (tertiary/aromatic N) is 1. The molecule has 0 bridgehead atoms. The topological polar surface area (TPSA) is 29.3 Å². The molecule has 1 fully saturated rings. The van der Waals surface area contributed by atoms with Gasteiger partial charge in [0.2, 0.25) is 0 Å². The smallest absolute Gasteiger partial charge is 0.0229 e. The van der Waals surface area contributed by atoms with E-state index in [1.165, 1.54) is 32.5 Å². The van der Waals surface area contributed by atoms with Gasteiger partial charge in [-0.25, -0.2) is 0 Å². The van der Waals surface area contributed by atoms with Crippen LogP contribution in [0.1, 0.15) is 33.1 Å². The molecule has 0 spiro atoms. The third kappa shape index (κ3) is 3.05. The van der Waals surface area contributed by atoms with Crippen molar-refractivity contribution in [1.29, 1.82) is 0 Å². The van der Waals surface area contributed by atoms with E-state index in [0.29, 0.717) is 17.4 Å². The zero-order valence-electron chi connectivity index (χ0n) is 10.1. The Morgan fingerprint density at radius 3 is 2.80 bits per heavy atom. The van der Waals surface area contributed by atoms with E-state index in [1.54, 1.807) is 0 Å². The maximum atomic E-state index is 5.88. The second-order valence-electron chi connectivity index (χ2n) is 6.05. The lowest BCUT2D eigenvalue weighted by Crippen LogP contribution is -2.42. The van der Waals surface area contributed by atoms with Gasteiger partial charge in [0.15, 0.2) is 0 Å². The molecule has 1 saturated heterocycles. The molecule has 0 aromatic rings. The van der Waals surface area contributed by atoms with Crippen molar-refractivity contribution in [3.05, 3.63) is 12.2 Å². The van der Waals surface area contributed by atoms with Crippen molar-refractivity contribution in [3.8, 4) is 0 Å². The van der Waals surface area contributed by atoms with Crippen LogP contribution in [0.15, 0.2) is 12.2 Å². The standard InChI is InChI=1S/C13H24N2/c1-13(2)6-3-7-15(10-13)9-11-4-5-12(14)8-11/h4-5,11-12H,3,6-10,14H2,1-2H3. The summed E-state index contributed by atoms with van der Waals surface area (Å²) in [7, 11) is 0. The maximum absolute atomic E-state index is 5.88. The molecule has 2 aliphatic rings. The summed E-state index contributed by atoms with van der Waals surface area (Å²) < 4.78 is 0. The number of hydrogen-bond donors (Lipinski definition) is 1. The molecule has 0 aromatic carbocycles. The monoisotopic (exact) mass is 208 g/mol. The van der Waals surface area contributed by atoms with E-state index in [9.17, 15) is 0 Å². The molecule has 86 valence electrons. The molecule has 0 saturated carbocycles. The molecule has 2 heteroatoms. The predicted octanol–water partition coefficient (Wildman–Crippen LogP) is 2.01. The lowest BCUT2D eigenvalue weighted by atomic mass is 9.84. The molecule has 2 N–H and O–H groups in total. The van der Waals surface area contributed by atoms with Crippen molar-refractivity contribution in [2.75, 3.05) is 19.6 Å². The highest BCUT2D eigenvalue weighted by Crippen LogP contribution is 2.29. The zero-order chi connectivity index (χ0) is 10.9. The number of rotatable bonds is 2. The summed E-state index contributed by atoms with van der Waals surface area (Å²) in [5.41, 5.74) is 6.39. The second-order valence-corrected chi connectivity index (χ2v) is 6.05.